The maximum Gasteiger partial charge on any atom is 0.146 e. The van der Waals surface area contributed by atoms with E-state index in [1.54, 1.807) is 12.1 Å². The van der Waals surface area contributed by atoms with Crippen molar-refractivity contribution in [3.05, 3.63) is 41.5 Å². The van der Waals surface area contributed by atoms with Crippen LogP contribution in [0, 0.1) is 12.7 Å². The number of benzene rings is 1. The van der Waals surface area contributed by atoms with Crippen LogP contribution < -0.4 is 16.6 Å². The van der Waals surface area contributed by atoms with Crippen LogP contribution in [0.2, 0.25) is 0 Å². The van der Waals surface area contributed by atoms with Gasteiger partial charge < -0.3 is 10.7 Å². The van der Waals surface area contributed by atoms with Crippen molar-refractivity contribution in [2.24, 2.45) is 5.84 Å². The van der Waals surface area contributed by atoms with Crippen molar-refractivity contribution >= 4 is 17.3 Å². The summed E-state index contributed by atoms with van der Waals surface area (Å²) in [4.78, 5) is 8.77. The fourth-order valence-corrected chi connectivity index (χ4v) is 1.84. The third-order valence-corrected chi connectivity index (χ3v) is 3.02. The second kappa shape index (κ2) is 5.65. The van der Waals surface area contributed by atoms with Gasteiger partial charge in [0.25, 0.3) is 0 Å². The zero-order chi connectivity index (χ0) is 15.6. The monoisotopic (exact) mass is 289 g/mol. The number of para-hydroxylation sites is 1. The number of hydrazine groups is 1. The third kappa shape index (κ3) is 3.46. The standard InChI is InChI=1S/C15H20FN5/c1-9-6-5-7-10(16)13(9)18-11-8-12(21-17)20-14(19-11)15(2,3)4/h5-8H,17H2,1-4H3,(H2,18,19,20,21). The molecule has 1 aromatic heterocycles. The second-order valence-corrected chi connectivity index (χ2v) is 5.91. The Bertz CT molecular complexity index is 629. The number of anilines is 3. The molecule has 0 amide bonds. The van der Waals surface area contributed by atoms with Gasteiger partial charge in [-0.3, -0.25) is 0 Å². The summed E-state index contributed by atoms with van der Waals surface area (Å²) in [7, 11) is 0. The predicted molar refractivity (Wildman–Crippen MR) is 83.0 cm³/mol. The highest BCUT2D eigenvalue weighted by atomic mass is 19.1. The summed E-state index contributed by atoms with van der Waals surface area (Å²) in [5.41, 5.74) is 3.47. The van der Waals surface area contributed by atoms with Gasteiger partial charge in [-0.2, -0.15) is 0 Å². The molecule has 112 valence electrons. The molecule has 0 aliphatic rings. The molecule has 2 rings (SSSR count). The normalized spacial score (nSPS) is 11.3. The minimum Gasteiger partial charge on any atom is -0.337 e. The lowest BCUT2D eigenvalue weighted by Crippen LogP contribution is -2.19. The van der Waals surface area contributed by atoms with Crippen LogP contribution in [0.3, 0.4) is 0 Å². The van der Waals surface area contributed by atoms with Gasteiger partial charge in [0.05, 0.1) is 5.69 Å². The van der Waals surface area contributed by atoms with Gasteiger partial charge in [-0.1, -0.05) is 32.9 Å². The summed E-state index contributed by atoms with van der Waals surface area (Å²) in [6, 6.07) is 6.55. The molecule has 0 bridgehead atoms. The quantitative estimate of drug-likeness (QED) is 0.597. The van der Waals surface area contributed by atoms with E-state index < -0.39 is 0 Å². The van der Waals surface area contributed by atoms with Gasteiger partial charge in [-0.05, 0) is 18.6 Å². The Labute approximate surface area is 123 Å². The molecule has 2 aromatic rings. The van der Waals surface area contributed by atoms with Crippen LogP contribution in [0.25, 0.3) is 0 Å². The molecular formula is C15H20FN5. The molecule has 0 atom stereocenters. The topological polar surface area (TPSA) is 75.9 Å². The van der Waals surface area contributed by atoms with Gasteiger partial charge in [-0.25, -0.2) is 20.2 Å². The maximum absolute atomic E-state index is 13.9. The minimum atomic E-state index is -0.326. The minimum absolute atomic E-state index is 0.242. The summed E-state index contributed by atoms with van der Waals surface area (Å²) in [5.74, 6) is 6.71. The van der Waals surface area contributed by atoms with Crippen LogP contribution in [0.15, 0.2) is 24.3 Å². The van der Waals surface area contributed by atoms with Crippen molar-refractivity contribution in [3.8, 4) is 0 Å². The number of aromatic nitrogens is 2. The number of hydrogen-bond acceptors (Lipinski definition) is 5. The lowest BCUT2D eigenvalue weighted by molar-refractivity contribution is 0.547. The molecule has 0 aliphatic carbocycles. The zero-order valence-corrected chi connectivity index (χ0v) is 12.7. The molecule has 1 heterocycles. The van der Waals surface area contributed by atoms with Gasteiger partial charge >= 0.3 is 0 Å². The summed E-state index contributed by atoms with van der Waals surface area (Å²) in [5, 5.41) is 3.01. The van der Waals surface area contributed by atoms with Gasteiger partial charge in [0, 0.05) is 11.5 Å². The van der Waals surface area contributed by atoms with E-state index in [1.807, 2.05) is 33.8 Å². The Balaban J connectivity index is 2.45. The first kappa shape index (κ1) is 15.2. The van der Waals surface area contributed by atoms with E-state index in [0.717, 1.165) is 5.56 Å². The maximum atomic E-state index is 13.9. The van der Waals surface area contributed by atoms with Crippen LogP contribution in [0.4, 0.5) is 21.7 Å². The molecule has 0 fully saturated rings. The number of nitrogens with two attached hydrogens (primary N) is 1. The lowest BCUT2D eigenvalue weighted by atomic mass is 9.96. The number of nitrogen functional groups attached to an aromatic ring is 1. The number of nitrogens with zero attached hydrogens (tertiary/aromatic N) is 2. The van der Waals surface area contributed by atoms with E-state index in [4.69, 9.17) is 5.84 Å². The highest BCUT2D eigenvalue weighted by molar-refractivity contribution is 5.63. The first-order chi connectivity index (χ1) is 9.81. The molecule has 0 saturated carbocycles. The van der Waals surface area contributed by atoms with E-state index in [-0.39, 0.29) is 11.2 Å². The number of rotatable bonds is 3. The number of halogens is 1. The fourth-order valence-electron chi connectivity index (χ4n) is 1.84. The Morgan fingerprint density at radius 1 is 1.14 bits per heavy atom. The molecule has 21 heavy (non-hydrogen) atoms. The van der Waals surface area contributed by atoms with Crippen molar-refractivity contribution in [2.45, 2.75) is 33.1 Å². The molecule has 0 spiro atoms. The van der Waals surface area contributed by atoms with Crippen molar-refractivity contribution < 1.29 is 4.39 Å². The second-order valence-electron chi connectivity index (χ2n) is 5.91. The average Bonchev–Trinajstić information content (AvgIpc) is 2.42. The molecule has 0 unspecified atom stereocenters. The molecule has 0 radical (unpaired) electrons. The third-order valence-electron chi connectivity index (χ3n) is 3.02. The molecule has 0 aliphatic heterocycles. The largest absolute Gasteiger partial charge is 0.337 e. The summed E-state index contributed by atoms with van der Waals surface area (Å²) >= 11 is 0. The number of hydrogen-bond donors (Lipinski definition) is 3. The van der Waals surface area contributed by atoms with Crippen molar-refractivity contribution in [1.29, 1.82) is 0 Å². The van der Waals surface area contributed by atoms with Gasteiger partial charge in [0.2, 0.25) is 0 Å². The van der Waals surface area contributed by atoms with E-state index >= 15 is 0 Å². The molecule has 0 saturated heterocycles. The highest BCUT2D eigenvalue weighted by Gasteiger charge is 2.19. The van der Waals surface area contributed by atoms with Gasteiger partial charge in [0.1, 0.15) is 23.3 Å². The summed E-state index contributed by atoms with van der Waals surface area (Å²) in [6.45, 7) is 7.83. The number of nitrogens with one attached hydrogen (secondary N) is 2. The molecule has 4 N–H and O–H groups in total. The highest BCUT2D eigenvalue weighted by Crippen LogP contribution is 2.26. The van der Waals surface area contributed by atoms with Crippen molar-refractivity contribution in [3.63, 3.8) is 0 Å². The summed E-state index contributed by atoms with van der Waals surface area (Å²) < 4.78 is 13.9. The van der Waals surface area contributed by atoms with E-state index in [0.29, 0.717) is 23.1 Å². The Hall–Kier alpha value is -2.21. The zero-order valence-electron chi connectivity index (χ0n) is 12.7. The Morgan fingerprint density at radius 3 is 2.38 bits per heavy atom. The molecule has 5 nitrogen and oxygen atoms in total. The van der Waals surface area contributed by atoms with Crippen LogP contribution >= 0.6 is 0 Å². The van der Waals surface area contributed by atoms with Gasteiger partial charge in [-0.15, -0.1) is 0 Å². The molecular weight excluding hydrogens is 269 g/mol. The molecule has 6 heteroatoms. The van der Waals surface area contributed by atoms with Gasteiger partial charge in [0.15, 0.2) is 0 Å². The van der Waals surface area contributed by atoms with Crippen molar-refractivity contribution in [2.75, 3.05) is 10.7 Å². The fraction of sp³-hybridized carbons (Fsp3) is 0.333. The van der Waals surface area contributed by atoms with Crippen LogP contribution in [0.5, 0.6) is 0 Å². The average molecular weight is 289 g/mol. The Morgan fingerprint density at radius 2 is 1.81 bits per heavy atom. The smallest absolute Gasteiger partial charge is 0.146 e. The first-order valence-corrected chi connectivity index (χ1v) is 6.69. The molecule has 1 aromatic carbocycles. The van der Waals surface area contributed by atoms with Crippen LogP contribution in [0.1, 0.15) is 32.2 Å². The lowest BCUT2D eigenvalue weighted by Gasteiger charge is -2.19. The van der Waals surface area contributed by atoms with E-state index in [9.17, 15) is 4.39 Å². The SMILES string of the molecule is Cc1cccc(F)c1Nc1cc(NN)nc(C(C)(C)C)n1. The van der Waals surface area contributed by atoms with E-state index in [2.05, 4.69) is 20.7 Å². The first-order valence-electron chi connectivity index (χ1n) is 6.69. The summed E-state index contributed by atoms with van der Waals surface area (Å²) in [6.07, 6.45) is 0. The Kier molecular flexibility index (Phi) is 4.09. The predicted octanol–water partition coefficient (Wildman–Crippen LogP) is 3.25. The number of aryl methyl sites for hydroxylation is 1. The van der Waals surface area contributed by atoms with Crippen molar-refractivity contribution in [1.82, 2.24) is 9.97 Å². The van der Waals surface area contributed by atoms with E-state index in [1.165, 1.54) is 6.07 Å². The van der Waals surface area contributed by atoms with Crippen LogP contribution in [-0.2, 0) is 5.41 Å². The van der Waals surface area contributed by atoms with Crippen LogP contribution in [-0.4, -0.2) is 9.97 Å².